The second kappa shape index (κ2) is 7.94. The lowest BCUT2D eigenvalue weighted by Gasteiger charge is -2.26. The van der Waals surface area contributed by atoms with Gasteiger partial charge in [-0.1, -0.05) is 12.1 Å². The minimum absolute atomic E-state index is 0.0332. The summed E-state index contributed by atoms with van der Waals surface area (Å²) in [5.41, 5.74) is 1.94. The van der Waals surface area contributed by atoms with E-state index in [1.807, 2.05) is 0 Å². The fourth-order valence-electron chi connectivity index (χ4n) is 3.15. The van der Waals surface area contributed by atoms with Crippen LogP contribution in [0.1, 0.15) is 11.1 Å². The van der Waals surface area contributed by atoms with E-state index in [-0.39, 0.29) is 31.4 Å². The third kappa shape index (κ3) is 4.14. The average Bonchev–Trinajstić information content (AvgIpc) is 3.14. The lowest BCUT2D eigenvalue weighted by molar-refractivity contribution is -0.121. The van der Waals surface area contributed by atoms with Gasteiger partial charge in [0.1, 0.15) is 5.75 Å². The summed E-state index contributed by atoms with van der Waals surface area (Å²) in [7, 11) is 1.67. The van der Waals surface area contributed by atoms with Crippen molar-refractivity contribution in [3.63, 3.8) is 0 Å². The first-order valence-electron chi connectivity index (χ1n) is 9.18. The quantitative estimate of drug-likeness (QED) is 0.699. The van der Waals surface area contributed by atoms with Gasteiger partial charge in [-0.05, 0) is 35.4 Å². The summed E-state index contributed by atoms with van der Waals surface area (Å²) in [6, 6.07) is 10.5. The van der Waals surface area contributed by atoms with Crippen molar-refractivity contribution in [1.29, 1.82) is 0 Å². The van der Waals surface area contributed by atoms with Crippen molar-refractivity contribution >= 4 is 23.3 Å². The Morgan fingerprint density at radius 3 is 2.73 bits per heavy atom. The summed E-state index contributed by atoms with van der Waals surface area (Å²) >= 11 is 0. The summed E-state index contributed by atoms with van der Waals surface area (Å²) in [6.07, 6.45) is 1.74. The first kappa shape index (κ1) is 19.6. The second-order valence-corrected chi connectivity index (χ2v) is 6.92. The first-order chi connectivity index (χ1) is 14.4. The summed E-state index contributed by atoms with van der Waals surface area (Å²) in [6.45, 7) is 0.204. The number of carbonyl (C=O) groups excluding carboxylic acids is 2. The Bertz CT molecular complexity index is 1130. The van der Waals surface area contributed by atoms with E-state index in [1.165, 1.54) is 15.6 Å². The number of likely N-dealkylation sites (N-methyl/N-ethyl adjacent to an activating group) is 1. The maximum atomic E-state index is 13.3. The molecule has 4 rings (SSSR count). The molecule has 0 atom stereocenters. The van der Waals surface area contributed by atoms with Crippen LogP contribution in [0, 0.1) is 11.6 Å². The Kier molecular flexibility index (Phi) is 5.18. The van der Waals surface area contributed by atoms with Crippen molar-refractivity contribution < 1.29 is 23.1 Å². The van der Waals surface area contributed by atoms with Gasteiger partial charge in [0.2, 0.25) is 5.91 Å². The average molecular weight is 412 g/mol. The number of nitrogens with zero attached hydrogens (tertiary/aromatic N) is 3. The van der Waals surface area contributed by atoms with Crippen molar-refractivity contribution in [2.24, 2.45) is 0 Å². The molecule has 0 spiro atoms. The Morgan fingerprint density at radius 1 is 1.13 bits per heavy atom. The fraction of sp³-hybridized carbons (Fsp3) is 0.190. The van der Waals surface area contributed by atoms with Crippen LogP contribution in [0.4, 0.5) is 20.3 Å². The largest absolute Gasteiger partial charge is 0.482 e. The van der Waals surface area contributed by atoms with Gasteiger partial charge < -0.3 is 15.0 Å². The molecule has 2 aromatic carbocycles. The van der Waals surface area contributed by atoms with Gasteiger partial charge in [-0.25, -0.2) is 8.78 Å². The number of anilines is 2. The first-order valence-corrected chi connectivity index (χ1v) is 9.18. The van der Waals surface area contributed by atoms with Gasteiger partial charge in [-0.2, -0.15) is 5.10 Å². The van der Waals surface area contributed by atoms with E-state index in [2.05, 4.69) is 10.4 Å². The maximum absolute atomic E-state index is 13.3. The van der Waals surface area contributed by atoms with Crippen molar-refractivity contribution in [1.82, 2.24) is 9.78 Å². The highest BCUT2D eigenvalue weighted by molar-refractivity contribution is 5.97. The summed E-state index contributed by atoms with van der Waals surface area (Å²) in [4.78, 5) is 25.5. The predicted molar refractivity (Wildman–Crippen MR) is 105 cm³/mol. The minimum Gasteiger partial charge on any atom is -0.482 e. The molecule has 3 aromatic rings. The number of hydrogen-bond donors (Lipinski definition) is 1. The molecule has 7 nitrogen and oxygen atoms in total. The molecule has 0 fully saturated rings. The Hall–Kier alpha value is -3.75. The summed E-state index contributed by atoms with van der Waals surface area (Å²) in [5, 5.41) is 6.93. The van der Waals surface area contributed by atoms with E-state index in [0.717, 1.165) is 17.7 Å². The molecule has 154 valence electrons. The molecular formula is C21H18F2N4O3. The highest BCUT2D eigenvalue weighted by Gasteiger charge is 2.22. The van der Waals surface area contributed by atoms with Crippen LogP contribution >= 0.6 is 0 Å². The molecule has 0 unspecified atom stereocenters. The highest BCUT2D eigenvalue weighted by Crippen LogP contribution is 2.32. The van der Waals surface area contributed by atoms with Gasteiger partial charge in [0, 0.05) is 19.3 Å². The number of benzene rings is 2. The Balaban J connectivity index is 1.38. The number of aromatic nitrogens is 2. The molecule has 1 N–H and O–H groups in total. The zero-order chi connectivity index (χ0) is 21.3. The molecule has 9 heteroatoms. The molecule has 0 bridgehead atoms. The number of nitrogens with one attached hydrogen (secondary N) is 1. The summed E-state index contributed by atoms with van der Waals surface area (Å²) in [5.74, 6) is -1.32. The predicted octanol–water partition coefficient (Wildman–Crippen LogP) is 2.75. The molecule has 1 aliphatic rings. The van der Waals surface area contributed by atoms with Crippen LogP contribution in [-0.4, -0.2) is 35.2 Å². The van der Waals surface area contributed by atoms with Crippen molar-refractivity contribution in [2.45, 2.75) is 13.0 Å². The van der Waals surface area contributed by atoms with Gasteiger partial charge >= 0.3 is 0 Å². The van der Waals surface area contributed by atoms with E-state index in [1.54, 1.807) is 37.5 Å². The number of carbonyl (C=O) groups is 2. The molecule has 2 amide bonds. The smallest absolute Gasteiger partial charge is 0.264 e. The van der Waals surface area contributed by atoms with Gasteiger partial charge in [-0.3, -0.25) is 14.3 Å². The van der Waals surface area contributed by atoms with Crippen LogP contribution in [0.15, 0.2) is 48.7 Å². The number of halogens is 2. The topological polar surface area (TPSA) is 76.5 Å². The second-order valence-electron chi connectivity index (χ2n) is 6.92. The Morgan fingerprint density at radius 2 is 1.93 bits per heavy atom. The molecule has 0 aliphatic carbocycles. The molecule has 0 saturated heterocycles. The number of rotatable bonds is 5. The third-order valence-electron chi connectivity index (χ3n) is 4.71. The molecule has 1 aliphatic heterocycles. The van der Waals surface area contributed by atoms with Crippen molar-refractivity contribution in [3.8, 4) is 5.75 Å². The molecule has 0 saturated carbocycles. The van der Waals surface area contributed by atoms with Crippen LogP contribution in [0.5, 0.6) is 5.75 Å². The molecule has 30 heavy (non-hydrogen) atoms. The van der Waals surface area contributed by atoms with Crippen LogP contribution in [0.2, 0.25) is 0 Å². The molecule has 1 aromatic heterocycles. The number of fused-ring (bicyclic) bond motifs is 1. The zero-order valence-electron chi connectivity index (χ0n) is 16.1. The van der Waals surface area contributed by atoms with Crippen molar-refractivity contribution in [2.75, 3.05) is 23.9 Å². The van der Waals surface area contributed by atoms with E-state index >= 15 is 0 Å². The standard InChI is InChI=1S/C21H18F2N4O3/c1-26-17-5-3-13(9-18(17)30-12-21(26)29)10-20(28)24-19-6-7-27(25-19)11-14-2-4-15(22)16(23)8-14/h2-9H,10-12H2,1H3,(H,24,25,28). The molecule has 0 radical (unpaired) electrons. The van der Waals surface area contributed by atoms with E-state index in [9.17, 15) is 18.4 Å². The molecule has 2 heterocycles. The lowest BCUT2D eigenvalue weighted by atomic mass is 10.1. The van der Waals surface area contributed by atoms with Crippen molar-refractivity contribution in [3.05, 3.63) is 71.4 Å². The van der Waals surface area contributed by atoms with Crippen LogP contribution in [0.3, 0.4) is 0 Å². The van der Waals surface area contributed by atoms with Gasteiger partial charge in [0.15, 0.2) is 24.1 Å². The van der Waals surface area contributed by atoms with E-state index in [0.29, 0.717) is 22.8 Å². The minimum atomic E-state index is -0.919. The van der Waals surface area contributed by atoms with Crippen LogP contribution < -0.4 is 15.0 Å². The lowest BCUT2D eigenvalue weighted by Crippen LogP contribution is -2.35. The monoisotopic (exact) mass is 412 g/mol. The van der Waals surface area contributed by atoms with Gasteiger partial charge in [-0.15, -0.1) is 0 Å². The van der Waals surface area contributed by atoms with E-state index in [4.69, 9.17) is 4.74 Å². The van der Waals surface area contributed by atoms with E-state index < -0.39 is 11.6 Å². The normalized spacial score (nSPS) is 13.0. The van der Waals surface area contributed by atoms with Crippen LogP contribution in [0.25, 0.3) is 0 Å². The van der Waals surface area contributed by atoms with Crippen LogP contribution in [-0.2, 0) is 22.6 Å². The number of hydrogen-bond acceptors (Lipinski definition) is 4. The third-order valence-corrected chi connectivity index (χ3v) is 4.71. The summed E-state index contributed by atoms with van der Waals surface area (Å²) < 4.78 is 33.3. The zero-order valence-corrected chi connectivity index (χ0v) is 16.1. The maximum Gasteiger partial charge on any atom is 0.264 e. The van der Waals surface area contributed by atoms with Gasteiger partial charge in [0.05, 0.1) is 18.7 Å². The fourth-order valence-corrected chi connectivity index (χ4v) is 3.15. The number of amides is 2. The SMILES string of the molecule is CN1C(=O)COc2cc(CC(=O)Nc3ccn(Cc4ccc(F)c(F)c4)n3)ccc21. The van der Waals surface area contributed by atoms with Gasteiger partial charge in [0.25, 0.3) is 5.91 Å². The molecular weight excluding hydrogens is 394 g/mol. The highest BCUT2D eigenvalue weighted by atomic mass is 19.2. The Labute approximate surface area is 170 Å². The number of ether oxygens (including phenoxy) is 1.